The topological polar surface area (TPSA) is 82.4 Å². The third kappa shape index (κ3) is 3.23. The summed E-state index contributed by atoms with van der Waals surface area (Å²) in [6, 6.07) is 3.47. The van der Waals surface area contributed by atoms with E-state index < -0.39 is 0 Å². The largest absolute Gasteiger partial charge is 0.477 e. The molecule has 0 aliphatic carbocycles. The number of nitrogens with zero attached hydrogens (tertiary/aromatic N) is 5. The minimum atomic E-state index is -0.280. The first-order chi connectivity index (χ1) is 11.7. The van der Waals surface area contributed by atoms with Gasteiger partial charge < -0.3 is 18.9 Å². The van der Waals surface area contributed by atoms with Crippen molar-refractivity contribution >= 4 is 5.91 Å². The summed E-state index contributed by atoms with van der Waals surface area (Å²) in [5.74, 6) is 0.999. The van der Waals surface area contributed by atoms with Gasteiger partial charge in [0.2, 0.25) is 5.88 Å². The van der Waals surface area contributed by atoms with Crippen LogP contribution >= 0.6 is 0 Å². The van der Waals surface area contributed by atoms with E-state index in [4.69, 9.17) is 9.47 Å². The molecule has 24 heavy (non-hydrogen) atoms. The van der Waals surface area contributed by atoms with E-state index in [1.807, 2.05) is 18.4 Å². The minimum Gasteiger partial charge on any atom is -0.477 e. The van der Waals surface area contributed by atoms with Gasteiger partial charge in [-0.15, -0.1) is 10.2 Å². The molecule has 0 aromatic carbocycles. The number of aromatic nitrogens is 4. The molecule has 1 fully saturated rings. The van der Waals surface area contributed by atoms with Crippen molar-refractivity contribution in [3.8, 4) is 5.88 Å². The highest BCUT2D eigenvalue weighted by Gasteiger charge is 2.30. The number of hydrogen-bond donors (Lipinski definition) is 0. The maximum Gasteiger partial charge on any atom is 0.259 e. The molecule has 1 aliphatic rings. The molecule has 0 radical (unpaired) electrons. The highest BCUT2D eigenvalue weighted by molar-refractivity contribution is 5.96. The lowest BCUT2D eigenvalue weighted by Crippen LogP contribution is -2.43. The Bertz CT molecular complexity index is 703. The molecule has 1 saturated heterocycles. The average molecular weight is 331 g/mol. The fourth-order valence-corrected chi connectivity index (χ4v) is 2.72. The summed E-state index contributed by atoms with van der Waals surface area (Å²) in [4.78, 5) is 18.8. The van der Waals surface area contributed by atoms with Crippen LogP contribution < -0.4 is 4.74 Å². The van der Waals surface area contributed by atoms with Crippen LogP contribution in [0.5, 0.6) is 5.88 Å². The van der Waals surface area contributed by atoms with Crippen molar-refractivity contribution in [2.75, 3.05) is 26.3 Å². The quantitative estimate of drug-likeness (QED) is 0.821. The van der Waals surface area contributed by atoms with E-state index in [0.29, 0.717) is 37.7 Å². The molecule has 0 unspecified atom stereocenters. The number of amides is 1. The van der Waals surface area contributed by atoms with Crippen molar-refractivity contribution < 1.29 is 14.3 Å². The van der Waals surface area contributed by atoms with Crippen molar-refractivity contribution in [1.82, 2.24) is 24.6 Å². The minimum absolute atomic E-state index is 0.109. The lowest BCUT2D eigenvalue weighted by Gasteiger charge is -2.32. The highest BCUT2D eigenvalue weighted by atomic mass is 16.5. The van der Waals surface area contributed by atoms with Gasteiger partial charge in [-0.3, -0.25) is 4.79 Å². The fraction of sp³-hybridized carbons (Fsp3) is 0.500. The van der Waals surface area contributed by atoms with E-state index in [1.165, 1.54) is 0 Å². The van der Waals surface area contributed by atoms with E-state index in [2.05, 4.69) is 15.2 Å². The second-order valence-corrected chi connectivity index (χ2v) is 5.37. The molecule has 8 nitrogen and oxygen atoms in total. The van der Waals surface area contributed by atoms with Crippen LogP contribution in [0.1, 0.15) is 36.1 Å². The van der Waals surface area contributed by atoms with Gasteiger partial charge in [-0.1, -0.05) is 0 Å². The number of carbonyl (C=O) groups is 1. The van der Waals surface area contributed by atoms with Crippen LogP contribution in [0.15, 0.2) is 24.7 Å². The first-order valence-electron chi connectivity index (χ1n) is 8.11. The summed E-state index contributed by atoms with van der Waals surface area (Å²) in [5, 5.41) is 8.07. The predicted octanol–water partition coefficient (Wildman–Crippen LogP) is 1.31. The van der Waals surface area contributed by atoms with E-state index >= 15 is 0 Å². The van der Waals surface area contributed by atoms with Gasteiger partial charge in [0.15, 0.2) is 5.82 Å². The molecule has 2 aromatic heterocycles. The smallest absolute Gasteiger partial charge is 0.259 e. The molecule has 1 atom stereocenters. The molecule has 0 saturated carbocycles. The Balaban J connectivity index is 1.79. The molecule has 0 N–H and O–H groups in total. The van der Waals surface area contributed by atoms with E-state index in [1.54, 1.807) is 29.6 Å². The zero-order valence-electron chi connectivity index (χ0n) is 13.9. The molecule has 128 valence electrons. The van der Waals surface area contributed by atoms with Crippen LogP contribution in [0.3, 0.4) is 0 Å². The number of ether oxygens (including phenoxy) is 2. The van der Waals surface area contributed by atoms with Crippen LogP contribution in [0, 0.1) is 0 Å². The molecular weight excluding hydrogens is 310 g/mol. The summed E-state index contributed by atoms with van der Waals surface area (Å²) >= 11 is 0. The lowest BCUT2D eigenvalue weighted by molar-refractivity contribution is -0.0285. The van der Waals surface area contributed by atoms with E-state index in [9.17, 15) is 4.79 Å². The van der Waals surface area contributed by atoms with Gasteiger partial charge >= 0.3 is 0 Å². The van der Waals surface area contributed by atoms with Gasteiger partial charge in [0.25, 0.3) is 5.91 Å². The SMILES string of the molecule is CCOc1ncccc1C(=O)N1CCO[C@@H](c2nncn2CC)C1. The van der Waals surface area contributed by atoms with E-state index in [0.717, 1.165) is 12.4 Å². The summed E-state index contributed by atoms with van der Waals surface area (Å²) < 4.78 is 13.2. The third-order valence-electron chi connectivity index (χ3n) is 3.91. The number of carbonyl (C=O) groups excluding carboxylic acids is 1. The Labute approximate surface area is 140 Å². The second-order valence-electron chi connectivity index (χ2n) is 5.37. The van der Waals surface area contributed by atoms with Crippen molar-refractivity contribution in [2.45, 2.75) is 26.5 Å². The molecule has 1 aliphatic heterocycles. The van der Waals surface area contributed by atoms with Gasteiger partial charge in [0.1, 0.15) is 18.0 Å². The molecule has 3 rings (SSSR count). The molecule has 0 spiro atoms. The first kappa shape index (κ1) is 16.4. The van der Waals surface area contributed by atoms with Crippen molar-refractivity contribution in [1.29, 1.82) is 0 Å². The Morgan fingerprint density at radius 2 is 2.33 bits per heavy atom. The molecule has 3 heterocycles. The normalized spacial score (nSPS) is 17.8. The number of hydrogen-bond acceptors (Lipinski definition) is 6. The third-order valence-corrected chi connectivity index (χ3v) is 3.91. The van der Waals surface area contributed by atoms with Crippen molar-refractivity contribution in [3.05, 3.63) is 36.0 Å². The Morgan fingerprint density at radius 1 is 1.46 bits per heavy atom. The van der Waals surface area contributed by atoms with Crippen LogP contribution in [0.2, 0.25) is 0 Å². The van der Waals surface area contributed by atoms with Crippen LogP contribution in [0.25, 0.3) is 0 Å². The zero-order valence-corrected chi connectivity index (χ0v) is 13.9. The maximum atomic E-state index is 12.9. The van der Waals surface area contributed by atoms with Gasteiger partial charge in [-0.25, -0.2) is 4.98 Å². The molecule has 1 amide bonds. The predicted molar refractivity (Wildman–Crippen MR) is 85.7 cm³/mol. The van der Waals surface area contributed by atoms with Crippen molar-refractivity contribution in [2.24, 2.45) is 0 Å². The maximum absolute atomic E-state index is 12.9. The summed E-state index contributed by atoms with van der Waals surface area (Å²) in [5.41, 5.74) is 0.469. The van der Waals surface area contributed by atoms with Crippen LogP contribution in [-0.4, -0.2) is 56.9 Å². The second kappa shape index (κ2) is 7.39. The number of aryl methyl sites for hydroxylation is 1. The molecule has 8 heteroatoms. The standard InChI is InChI=1S/C16H21N5O3/c1-3-20-11-18-19-14(20)13-10-21(8-9-24-13)16(22)12-6-5-7-17-15(12)23-4-2/h5-7,11,13H,3-4,8-10H2,1-2H3/t13-/m1/s1. The molecule has 2 aromatic rings. The fourth-order valence-electron chi connectivity index (χ4n) is 2.72. The molecule has 0 bridgehead atoms. The number of pyridine rings is 1. The van der Waals surface area contributed by atoms with Crippen LogP contribution in [0.4, 0.5) is 0 Å². The lowest BCUT2D eigenvalue weighted by atomic mass is 10.2. The van der Waals surface area contributed by atoms with Gasteiger partial charge in [-0.05, 0) is 26.0 Å². The molecular formula is C16H21N5O3. The van der Waals surface area contributed by atoms with Gasteiger partial charge in [0, 0.05) is 19.3 Å². The Hall–Kier alpha value is -2.48. The number of morpholine rings is 1. The summed E-state index contributed by atoms with van der Waals surface area (Å²) in [7, 11) is 0. The van der Waals surface area contributed by atoms with Gasteiger partial charge in [0.05, 0.1) is 19.8 Å². The highest BCUT2D eigenvalue weighted by Crippen LogP contribution is 2.24. The average Bonchev–Trinajstić information content (AvgIpc) is 3.11. The Kier molecular flexibility index (Phi) is 5.05. The van der Waals surface area contributed by atoms with Gasteiger partial charge in [-0.2, -0.15) is 0 Å². The summed E-state index contributed by atoms with van der Waals surface area (Å²) in [6.07, 6.45) is 3.01. The monoisotopic (exact) mass is 331 g/mol. The number of rotatable bonds is 5. The van der Waals surface area contributed by atoms with Crippen molar-refractivity contribution in [3.63, 3.8) is 0 Å². The zero-order chi connectivity index (χ0) is 16.9. The Morgan fingerprint density at radius 3 is 3.12 bits per heavy atom. The summed E-state index contributed by atoms with van der Waals surface area (Å²) in [6.45, 7) is 6.51. The van der Waals surface area contributed by atoms with Crippen LogP contribution in [-0.2, 0) is 11.3 Å². The first-order valence-corrected chi connectivity index (χ1v) is 8.11. The van der Waals surface area contributed by atoms with E-state index in [-0.39, 0.29) is 12.0 Å².